The molecule has 0 bridgehead atoms. The molecule has 2 N–H and O–H groups in total. The molecule has 1 aliphatic heterocycles. The lowest BCUT2D eigenvalue weighted by Crippen LogP contribution is -2.30. The molecule has 4 heteroatoms. The number of hydrogen-bond donors (Lipinski definition) is 2. The van der Waals surface area contributed by atoms with Crippen LogP contribution in [0, 0.1) is 5.82 Å². The predicted molar refractivity (Wildman–Crippen MR) is 81.9 cm³/mol. The Bertz CT molecular complexity index is 650. The molecule has 0 aliphatic carbocycles. The second-order valence-corrected chi connectivity index (χ2v) is 5.48. The SMILES string of the molecule is O=C(NCCC1CCCN1)c1ccc(F)c2ccccc12. The summed E-state index contributed by atoms with van der Waals surface area (Å²) in [7, 11) is 0. The van der Waals surface area contributed by atoms with Crippen LogP contribution >= 0.6 is 0 Å². The van der Waals surface area contributed by atoms with Crippen LogP contribution in [-0.4, -0.2) is 25.0 Å². The van der Waals surface area contributed by atoms with Gasteiger partial charge in [-0.05, 0) is 43.3 Å². The molecule has 3 rings (SSSR count). The molecule has 1 aliphatic rings. The standard InChI is InChI=1S/C17H19FN2O/c18-16-8-7-15(13-5-1-2-6-14(13)16)17(21)20-11-9-12-4-3-10-19-12/h1-2,5-8,12,19H,3-4,9-11H2,(H,20,21). The maximum atomic E-state index is 13.7. The van der Waals surface area contributed by atoms with Crippen molar-refractivity contribution < 1.29 is 9.18 Å². The summed E-state index contributed by atoms with van der Waals surface area (Å²) in [5.41, 5.74) is 0.534. The van der Waals surface area contributed by atoms with E-state index in [0.717, 1.165) is 13.0 Å². The van der Waals surface area contributed by atoms with Crippen molar-refractivity contribution in [3.63, 3.8) is 0 Å². The highest BCUT2D eigenvalue weighted by Crippen LogP contribution is 2.21. The van der Waals surface area contributed by atoms with Gasteiger partial charge >= 0.3 is 0 Å². The number of nitrogens with one attached hydrogen (secondary N) is 2. The number of carbonyl (C=O) groups is 1. The first kappa shape index (κ1) is 14.0. The van der Waals surface area contributed by atoms with Crippen LogP contribution in [0.4, 0.5) is 4.39 Å². The molecule has 21 heavy (non-hydrogen) atoms. The fraction of sp³-hybridized carbons (Fsp3) is 0.353. The number of rotatable bonds is 4. The minimum atomic E-state index is -0.294. The molecule has 1 heterocycles. The summed E-state index contributed by atoms with van der Waals surface area (Å²) in [5, 5.41) is 7.49. The van der Waals surface area contributed by atoms with Gasteiger partial charge in [0.1, 0.15) is 5.82 Å². The number of halogens is 1. The molecule has 110 valence electrons. The quantitative estimate of drug-likeness (QED) is 0.907. The van der Waals surface area contributed by atoms with Crippen molar-refractivity contribution in [2.24, 2.45) is 0 Å². The fourth-order valence-electron chi connectivity index (χ4n) is 2.92. The van der Waals surface area contributed by atoms with Crippen LogP contribution in [-0.2, 0) is 0 Å². The summed E-state index contributed by atoms with van der Waals surface area (Å²) in [6.45, 7) is 1.71. The van der Waals surface area contributed by atoms with Crippen LogP contribution in [0.5, 0.6) is 0 Å². The van der Waals surface area contributed by atoms with Crippen LogP contribution in [0.15, 0.2) is 36.4 Å². The lowest BCUT2D eigenvalue weighted by atomic mass is 10.0. The lowest BCUT2D eigenvalue weighted by molar-refractivity contribution is 0.0954. The molecule has 1 fully saturated rings. The molecule has 3 nitrogen and oxygen atoms in total. The second kappa shape index (κ2) is 6.22. The van der Waals surface area contributed by atoms with Crippen LogP contribution in [0.2, 0.25) is 0 Å². The number of amides is 1. The van der Waals surface area contributed by atoms with Gasteiger partial charge < -0.3 is 10.6 Å². The zero-order chi connectivity index (χ0) is 14.7. The van der Waals surface area contributed by atoms with Gasteiger partial charge in [-0.15, -0.1) is 0 Å². The van der Waals surface area contributed by atoms with Crippen LogP contribution in [0.1, 0.15) is 29.6 Å². The van der Waals surface area contributed by atoms with Crippen molar-refractivity contribution in [3.05, 3.63) is 47.8 Å². The largest absolute Gasteiger partial charge is 0.352 e. The van der Waals surface area contributed by atoms with Gasteiger partial charge in [-0.25, -0.2) is 4.39 Å². The Morgan fingerprint density at radius 1 is 1.24 bits per heavy atom. The van der Waals surface area contributed by atoms with Crippen LogP contribution in [0.3, 0.4) is 0 Å². The molecule has 0 saturated carbocycles. The third-order valence-corrected chi connectivity index (χ3v) is 4.06. The van der Waals surface area contributed by atoms with Gasteiger partial charge in [0.25, 0.3) is 5.91 Å². The highest BCUT2D eigenvalue weighted by atomic mass is 19.1. The Labute approximate surface area is 123 Å². The van der Waals surface area contributed by atoms with E-state index in [1.54, 1.807) is 24.3 Å². The monoisotopic (exact) mass is 286 g/mol. The van der Waals surface area contributed by atoms with E-state index in [1.165, 1.54) is 18.9 Å². The van der Waals surface area contributed by atoms with Gasteiger partial charge in [0, 0.05) is 23.5 Å². The first-order valence-corrected chi connectivity index (χ1v) is 7.44. The maximum Gasteiger partial charge on any atom is 0.251 e. The zero-order valence-electron chi connectivity index (χ0n) is 11.9. The van der Waals surface area contributed by atoms with Crippen molar-refractivity contribution in [3.8, 4) is 0 Å². The summed E-state index contributed by atoms with van der Waals surface area (Å²) in [6, 6.07) is 10.5. The summed E-state index contributed by atoms with van der Waals surface area (Å²) < 4.78 is 13.7. The van der Waals surface area contributed by atoms with Crippen molar-refractivity contribution in [2.75, 3.05) is 13.1 Å². The molecule has 2 aromatic rings. The Kier molecular flexibility index (Phi) is 4.15. The predicted octanol–water partition coefficient (Wildman–Crippen LogP) is 2.85. The number of fused-ring (bicyclic) bond motifs is 1. The van der Waals surface area contributed by atoms with Gasteiger partial charge in [0.05, 0.1) is 0 Å². The minimum absolute atomic E-state index is 0.135. The first-order chi connectivity index (χ1) is 10.3. The topological polar surface area (TPSA) is 41.1 Å². The molecular formula is C17H19FN2O. The van der Waals surface area contributed by atoms with Crippen molar-refractivity contribution in [1.82, 2.24) is 10.6 Å². The average molecular weight is 286 g/mol. The molecule has 2 aromatic carbocycles. The zero-order valence-corrected chi connectivity index (χ0v) is 11.9. The summed E-state index contributed by atoms with van der Waals surface area (Å²) in [5.74, 6) is -0.429. The van der Waals surface area contributed by atoms with Gasteiger partial charge in [-0.3, -0.25) is 4.79 Å². The van der Waals surface area contributed by atoms with E-state index in [0.29, 0.717) is 28.9 Å². The Morgan fingerprint density at radius 2 is 2.05 bits per heavy atom. The third kappa shape index (κ3) is 3.05. The molecule has 0 spiro atoms. The lowest BCUT2D eigenvalue weighted by Gasteiger charge is -2.12. The van der Waals surface area contributed by atoms with E-state index in [4.69, 9.17) is 0 Å². The number of hydrogen-bond acceptors (Lipinski definition) is 2. The van der Waals surface area contributed by atoms with E-state index in [2.05, 4.69) is 10.6 Å². The fourth-order valence-corrected chi connectivity index (χ4v) is 2.92. The van der Waals surface area contributed by atoms with Gasteiger partial charge in [0.15, 0.2) is 0 Å². The van der Waals surface area contributed by atoms with E-state index in [-0.39, 0.29) is 11.7 Å². The summed E-state index contributed by atoms with van der Waals surface area (Å²) in [4.78, 5) is 12.3. The Balaban J connectivity index is 1.71. The maximum absolute atomic E-state index is 13.7. The van der Waals surface area contributed by atoms with Gasteiger partial charge in [-0.2, -0.15) is 0 Å². The van der Waals surface area contributed by atoms with Crippen LogP contribution < -0.4 is 10.6 Å². The van der Waals surface area contributed by atoms with Gasteiger partial charge in [-0.1, -0.05) is 24.3 Å². The van der Waals surface area contributed by atoms with Crippen LogP contribution in [0.25, 0.3) is 10.8 Å². The normalized spacial score (nSPS) is 18.0. The summed E-state index contributed by atoms with van der Waals surface area (Å²) in [6.07, 6.45) is 3.32. The van der Waals surface area contributed by atoms with E-state index >= 15 is 0 Å². The van der Waals surface area contributed by atoms with E-state index in [1.807, 2.05) is 6.07 Å². The number of carbonyl (C=O) groups excluding carboxylic acids is 1. The molecule has 1 saturated heterocycles. The molecule has 0 aromatic heterocycles. The average Bonchev–Trinajstić information content (AvgIpc) is 3.01. The molecule has 0 radical (unpaired) electrons. The van der Waals surface area contributed by atoms with E-state index < -0.39 is 0 Å². The third-order valence-electron chi connectivity index (χ3n) is 4.06. The highest BCUT2D eigenvalue weighted by molar-refractivity contribution is 6.07. The molecule has 1 amide bonds. The Hall–Kier alpha value is -1.94. The first-order valence-electron chi connectivity index (χ1n) is 7.44. The molecule has 1 unspecified atom stereocenters. The Morgan fingerprint density at radius 3 is 2.81 bits per heavy atom. The second-order valence-electron chi connectivity index (χ2n) is 5.48. The van der Waals surface area contributed by atoms with Crippen molar-refractivity contribution >= 4 is 16.7 Å². The van der Waals surface area contributed by atoms with E-state index in [9.17, 15) is 9.18 Å². The number of benzene rings is 2. The van der Waals surface area contributed by atoms with Crippen molar-refractivity contribution in [2.45, 2.75) is 25.3 Å². The highest BCUT2D eigenvalue weighted by Gasteiger charge is 2.15. The molecular weight excluding hydrogens is 267 g/mol. The minimum Gasteiger partial charge on any atom is -0.352 e. The summed E-state index contributed by atoms with van der Waals surface area (Å²) >= 11 is 0. The van der Waals surface area contributed by atoms with Crippen molar-refractivity contribution in [1.29, 1.82) is 0 Å². The molecule has 1 atom stereocenters. The smallest absolute Gasteiger partial charge is 0.251 e. The van der Waals surface area contributed by atoms with Gasteiger partial charge in [0.2, 0.25) is 0 Å².